The fourth-order valence-electron chi connectivity index (χ4n) is 2.84. The highest BCUT2D eigenvalue weighted by Gasteiger charge is 2.15. The summed E-state index contributed by atoms with van der Waals surface area (Å²) in [5.41, 5.74) is 2.35. The van der Waals surface area contributed by atoms with Crippen molar-refractivity contribution in [2.45, 2.75) is 32.9 Å². The zero-order valence-corrected chi connectivity index (χ0v) is 16.1. The van der Waals surface area contributed by atoms with Crippen molar-refractivity contribution in [3.63, 3.8) is 0 Å². The van der Waals surface area contributed by atoms with Gasteiger partial charge in [-0.3, -0.25) is 0 Å². The minimum absolute atomic E-state index is 0.579. The second-order valence-electron chi connectivity index (χ2n) is 6.53. The third kappa shape index (κ3) is 8.17. The summed E-state index contributed by atoms with van der Waals surface area (Å²) in [6, 6.07) is 8.34. The van der Waals surface area contributed by atoms with Gasteiger partial charge in [-0.1, -0.05) is 24.3 Å². The SMILES string of the molecule is CCNC(=NCc1cccc(COC)c1)NCCCOCC1CCOC1. The predicted octanol–water partition coefficient (Wildman–Crippen LogP) is 2.33. The number of hydrogen-bond donors (Lipinski definition) is 2. The summed E-state index contributed by atoms with van der Waals surface area (Å²) in [5.74, 6) is 1.42. The largest absolute Gasteiger partial charge is 0.381 e. The van der Waals surface area contributed by atoms with Gasteiger partial charge in [-0.15, -0.1) is 0 Å². The second kappa shape index (κ2) is 12.7. The average Bonchev–Trinajstić information content (AvgIpc) is 3.16. The maximum atomic E-state index is 5.73. The molecule has 0 saturated carbocycles. The maximum Gasteiger partial charge on any atom is 0.191 e. The zero-order valence-electron chi connectivity index (χ0n) is 16.1. The highest BCUT2D eigenvalue weighted by molar-refractivity contribution is 5.79. The third-order valence-electron chi connectivity index (χ3n) is 4.20. The molecule has 1 saturated heterocycles. The van der Waals surface area contributed by atoms with E-state index >= 15 is 0 Å². The monoisotopic (exact) mass is 363 g/mol. The van der Waals surface area contributed by atoms with E-state index in [4.69, 9.17) is 14.2 Å². The molecule has 1 aliphatic rings. The van der Waals surface area contributed by atoms with Crippen LogP contribution < -0.4 is 10.6 Å². The summed E-state index contributed by atoms with van der Waals surface area (Å²) in [6.07, 6.45) is 2.09. The molecule has 1 heterocycles. The van der Waals surface area contributed by atoms with Gasteiger partial charge in [0.25, 0.3) is 0 Å². The Kier molecular flexibility index (Phi) is 10.1. The van der Waals surface area contributed by atoms with Crippen LogP contribution in [0.2, 0.25) is 0 Å². The van der Waals surface area contributed by atoms with Crippen molar-refractivity contribution in [2.24, 2.45) is 10.9 Å². The Morgan fingerprint density at radius 3 is 2.96 bits per heavy atom. The lowest BCUT2D eigenvalue weighted by molar-refractivity contribution is 0.0888. The van der Waals surface area contributed by atoms with Crippen molar-refractivity contribution < 1.29 is 14.2 Å². The lowest BCUT2D eigenvalue weighted by atomic mass is 10.1. The normalized spacial score (nSPS) is 17.5. The van der Waals surface area contributed by atoms with Crippen LogP contribution in [0.5, 0.6) is 0 Å². The first-order valence-corrected chi connectivity index (χ1v) is 9.56. The Morgan fingerprint density at radius 2 is 2.19 bits per heavy atom. The molecule has 0 amide bonds. The van der Waals surface area contributed by atoms with E-state index in [-0.39, 0.29) is 0 Å². The van der Waals surface area contributed by atoms with Crippen molar-refractivity contribution >= 4 is 5.96 Å². The Labute approximate surface area is 157 Å². The van der Waals surface area contributed by atoms with Crippen LogP contribution in [0.3, 0.4) is 0 Å². The fraction of sp³-hybridized carbons (Fsp3) is 0.650. The van der Waals surface area contributed by atoms with Crippen LogP contribution in [0, 0.1) is 5.92 Å². The zero-order chi connectivity index (χ0) is 18.5. The van der Waals surface area contributed by atoms with E-state index in [1.807, 2.05) is 6.07 Å². The van der Waals surface area contributed by atoms with Gasteiger partial charge in [0.2, 0.25) is 0 Å². The Bertz CT molecular complexity index is 531. The molecule has 2 rings (SSSR count). The molecule has 0 aromatic heterocycles. The van der Waals surface area contributed by atoms with Crippen LogP contribution in [-0.2, 0) is 27.4 Å². The topological polar surface area (TPSA) is 64.1 Å². The number of benzene rings is 1. The highest BCUT2D eigenvalue weighted by Crippen LogP contribution is 2.12. The van der Waals surface area contributed by atoms with Crippen LogP contribution in [0.15, 0.2) is 29.3 Å². The molecule has 1 unspecified atom stereocenters. The number of guanidine groups is 1. The minimum atomic E-state index is 0.579. The molecule has 6 nitrogen and oxygen atoms in total. The standard InChI is InChI=1S/C20H33N3O3/c1-3-21-20(22-9-5-10-25-15-19-8-11-26-16-19)23-13-17-6-4-7-18(12-17)14-24-2/h4,6-7,12,19H,3,5,8-11,13-16H2,1-2H3,(H2,21,22,23). The van der Waals surface area contributed by atoms with Gasteiger partial charge in [-0.25, -0.2) is 4.99 Å². The van der Waals surface area contributed by atoms with Crippen molar-refractivity contribution in [3.05, 3.63) is 35.4 Å². The van der Waals surface area contributed by atoms with E-state index in [9.17, 15) is 0 Å². The van der Waals surface area contributed by atoms with Gasteiger partial charge >= 0.3 is 0 Å². The number of aliphatic imine (C=N–C) groups is 1. The van der Waals surface area contributed by atoms with Gasteiger partial charge in [-0.05, 0) is 30.9 Å². The Balaban J connectivity index is 1.67. The molecule has 1 fully saturated rings. The average molecular weight is 364 g/mol. The third-order valence-corrected chi connectivity index (χ3v) is 4.20. The summed E-state index contributed by atoms with van der Waals surface area (Å²) in [4.78, 5) is 4.66. The molecule has 1 aliphatic heterocycles. The van der Waals surface area contributed by atoms with Crippen LogP contribution in [0.1, 0.15) is 30.9 Å². The molecule has 0 radical (unpaired) electrons. The van der Waals surface area contributed by atoms with Crippen LogP contribution in [0.25, 0.3) is 0 Å². The summed E-state index contributed by atoms with van der Waals surface area (Å²) in [5, 5.41) is 6.65. The predicted molar refractivity (Wildman–Crippen MR) is 104 cm³/mol. The van der Waals surface area contributed by atoms with Gasteiger partial charge in [-0.2, -0.15) is 0 Å². The van der Waals surface area contributed by atoms with E-state index in [0.29, 0.717) is 19.1 Å². The quantitative estimate of drug-likeness (QED) is 0.359. The van der Waals surface area contributed by atoms with Crippen molar-refractivity contribution in [3.8, 4) is 0 Å². The molecular weight excluding hydrogens is 330 g/mol. The van der Waals surface area contributed by atoms with E-state index in [2.05, 4.69) is 40.7 Å². The molecule has 2 N–H and O–H groups in total. The molecule has 26 heavy (non-hydrogen) atoms. The first-order chi connectivity index (χ1) is 12.8. The lowest BCUT2D eigenvalue weighted by Gasteiger charge is -2.12. The Hall–Kier alpha value is -1.63. The molecule has 0 bridgehead atoms. The summed E-state index contributed by atoms with van der Waals surface area (Å²) < 4.78 is 16.3. The molecule has 0 aliphatic carbocycles. The molecular formula is C20H33N3O3. The summed E-state index contributed by atoms with van der Waals surface area (Å²) in [7, 11) is 1.71. The van der Waals surface area contributed by atoms with Crippen molar-refractivity contribution in [1.29, 1.82) is 0 Å². The van der Waals surface area contributed by atoms with Crippen LogP contribution >= 0.6 is 0 Å². The minimum Gasteiger partial charge on any atom is -0.381 e. The fourth-order valence-corrected chi connectivity index (χ4v) is 2.84. The van der Waals surface area contributed by atoms with E-state index < -0.39 is 0 Å². The molecule has 0 spiro atoms. The lowest BCUT2D eigenvalue weighted by Crippen LogP contribution is -2.38. The number of hydrogen-bond acceptors (Lipinski definition) is 4. The van der Waals surface area contributed by atoms with Crippen molar-refractivity contribution in [2.75, 3.05) is 46.6 Å². The van der Waals surface area contributed by atoms with E-state index in [1.165, 1.54) is 11.1 Å². The van der Waals surface area contributed by atoms with E-state index in [0.717, 1.165) is 58.3 Å². The maximum absolute atomic E-state index is 5.73. The smallest absolute Gasteiger partial charge is 0.191 e. The molecule has 146 valence electrons. The number of rotatable bonds is 11. The van der Waals surface area contributed by atoms with Gasteiger partial charge in [0, 0.05) is 39.3 Å². The van der Waals surface area contributed by atoms with Gasteiger partial charge in [0.05, 0.1) is 26.4 Å². The molecule has 1 aromatic rings. The first-order valence-electron chi connectivity index (χ1n) is 9.56. The van der Waals surface area contributed by atoms with Gasteiger partial charge in [0.15, 0.2) is 5.96 Å². The van der Waals surface area contributed by atoms with Crippen molar-refractivity contribution in [1.82, 2.24) is 10.6 Å². The second-order valence-corrected chi connectivity index (χ2v) is 6.53. The van der Waals surface area contributed by atoms with E-state index in [1.54, 1.807) is 7.11 Å². The van der Waals surface area contributed by atoms with Crippen LogP contribution in [-0.4, -0.2) is 52.6 Å². The van der Waals surface area contributed by atoms with Crippen LogP contribution in [0.4, 0.5) is 0 Å². The van der Waals surface area contributed by atoms with Gasteiger partial charge in [0.1, 0.15) is 0 Å². The molecule has 6 heteroatoms. The number of ether oxygens (including phenoxy) is 3. The number of nitrogens with zero attached hydrogens (tertiary/aromatic N) is 1. The summed E-state index contributed by atoms with van der Waals surface area (Å²) >= 11 is 0. The number of nitrogens with one attached hydrogen (secondary N) is 2. The van der Waals surface area contributed by atoms with Gasteiger partial charge < -0.3 is 24.8 Å². The molecule has 1 atom stereocenters. The number of methoxy groups -OCH3 is 1. The Morgan fingerprint density at radius 1 is 1.31 bits per heavy atom. The first kappa shape index (κ1) is 20.7. The molecule has 1 aromatic carbocycles. The highest BCUT2D eigenvalue weighted by atomic mass is 16.5. The summed E-state index contributed by atoms with van der Waals surface area (Å²) in [6.45, 7) is 8.34.